The van der Waals surface area contributed by atoms with Crippen molar-refractivity contribution >= 4 is 40.5 Å². The van der Waals surface area contributed by atoms with Gasteiger partial charge < -0.3 is 4.42 Å². The van der Waals surface area contributed by atoms with Crippen LogP contribution >= 0.6 is 34.7 Å². The fourth-order valence-corrected chi connectivity index (χ4v) is 3.86. The van der Waals surface area contributed by atoms with Crippen molar-refractivity contribution in [2.75, 3.05) is 5.75 Å². The Morgan fingerprint density at radius 2 is 1.96 bits per heavy atom. The number of nitrogens with zero attached hydrogens (tertiary/aromatic N) is 2. The van der Waals surface area contributed by atoms with Crippen molar-refractivity contribution in [3.05, 3.63) is 50.7 Å². The third kappa shape index (κ3) is 4.02. The molecule has 0 atom stereocenters. The van der Waals surface area contributed by atoms with E-state index in [4.69, 9.17) is 16.0 Å². The molecule has 0 saturated heterocycles. The second-order valence-electron chi connectivity index (χ2n) is 5.07. The van der Waals surface area contributed by atoms with Crippen LogP contribution in [0.25, 0.3) is 11.5 Å². The Morgan fingerprint density at radius 3 is 2.61 bits per heavy atom. The number of Topliss-reactive ketones (excluding diaryl/α,β-unsaturated/α-hetero) is 1. The van der Waals surface area contributed by atoms with Crippen molar-refractivity contribution < 1.29 is 9.21 Å². The molecule has 0 spiro atoms. The fraction of sp³-hybridized carbons (Fsp3) is 0.188. The van der Waals surface area contributed by atoms with E-state index in [2.05, 4.69) is 16.3 Å². The molecule has 1 aromatic carbocycles. The van der Waals surface area contributed by atoms with E-state index >= 15 is 0 Å². The van der Waals surface area contributed by atoms with E-state index in [9.17, 15) is 4.79 Å². The zero-order chi connectivity index (χ0) is 16.4. The average molecular weight is 365 g/mol. The van der Waals surface area contributed by atoms with E-state index in [1.807, 2.05) is 26.0 Å². The second kappa shape index (κ2) is 6.86. The Labute approximate surface area is 146 Å². The fourth-order valence-electron chi connectivity index (χ4n) is 2.15. The zero-order valence-electron chi connectivity index (χ0n) is 12.5. The third-order valence-corrected chi connectivity index (χ3v) is 5.14. The van der Waals surface area contributed by atoms with Crippen LogP contribution < -0.4 is 0 Å². The van der Waals surface area contributed by atoms with Gasteiger partial charge in [0.1, 0.15) is 0 Å². The molecule has 2 aromatic heterocycles. The largest absolute Gasteiger partial charge is 0.411 e. The highest BCUT2D eigenvalue weighted by Gasteiger charge is 2.14. The molecule has 0 bridgehead atoms. The van der Waals surface area contributed by atoms with Gasteiger partial charge in [-0.3, -0.25) is 4.79 Å². The molecule has 0 N–H and O–H groups in total. The maximum Gasteiger partial charge on any atom is 0.277 e. The summed E-state index contributed by atoms with van der Waals surface area (Å²) in [5.74, 6) is 0.703. The van der Waals surface area contributed by atoms with Gasteiger partial charge in [0.2, 0.25) is 5.89 Å². The minimum absolute atomic E-state index is 0.00181. The number of carbonyl (C=O) groups is 1. The van der Waals surface area contributed by atoms with Crippen molar-refractivity contribution in [1.29, 1.82) is 0 Å². The average Bonchev–Trinajstić information content (AvgIpc) is 3.12. The number of carbonyl (C=O) groups excluding carboxylic acids is 1. The van der Waals surface area contributed by atoms with Gasteiger partial charge in [-0.1, -0.05) is 40.6 Å². The quantitative estimate of drug-likeness (QED) is 0.468. The molecule has 0 radical (unpaired) electrons. The van der Waals surface area contributed by atoms with Crippen molar-refractivity contribution in [3.8, 4) is 11.5 Å². The van der Waals surface area contributed by atoms with Gasteiger partial charge in [0.15, 0.2) is 5.78 Å². The number of ketones is 1. The van der Waals surface area contributed by atoms with E-state index in [1.54, 1.807) is 12.1 Å². The van der Waals surface area contributed by atoms with Gasteiger partial charge in [-0.15, -0.1) is 21.5 Å². The molecule has 4 nitrogen and oxygen atoms in total. The Hall–Kier alpha value is -1.63. The molecule has 0 aliphatic heterocycles. The number of thioether (sulfide) groups is 1. The van der Waals surface area contributed by atoms with Crippen LogP contribution in [0.1, 0.15) is 20.8 Å². The lowest BCUT2D eigenvalue weighted by Crippen LogP contribution is -1.98. The van der Waals surface area contributed by atoms with Crippen LogP contribution in [0.2, 0.25) is 4.34 Å². The molecular formula is C16H13ClN2O2S2. The van der Waals surface area contributed by atoms with Crippen LogP contribution in [-0.2, 0) is 0 Å². The smallest absolute Gasteiger partial charge is 0.277 e. The predicted molar refractivity (Wildman–Crippen MR) is 93.6 cm³/mol. The van der Waals surface area contributed by atoms with Crippen LogP contribution in [0.15, 0.2) is 40.0 Å². The monoisotopic (exact) mass is 364 g/mol. The summed E-state index contributed by atoms with van der Waals surface area (Å²) in [6.07, 6.45) is 0. The first kappa shape index (κ1) is 16.2. The zero-order valence-corrected chi connectivity index (χ0v) is 14.9. The lowest BCUT2D eigenvalue weighted by Gasteiger charge is -2.00. The molecule has 0 aliphatic carbocycles. The highest BCUT2D eigenvalue weighted by molar-refractivity contribution is 7.99. The Balaban J connectivity index is 1.69. The standard InChI is InChI=1S/C16H13ClN2O2S2/c1-9-5-10(2)7-11(6-9)15-18-19-16(21-15)22-8-12(20)13-3-4-14(17)23-13/h3-7H,8H2,1-2H3. The molecule has 0 saturated carbocycles. The van der Waals surface area contributed by atoms with E-state index in [1.165, 1.54) is 23.1 Å². The van der Waals surface area contributed by atoms with Crippen LogP contribution in [0.5, 0.6) is 0 Å². The van der Waals surface area contributed by atoms with Gasteiger partial charge in [0.05, 0.1) is 15.0 Å². The Bertz CT molecular complexity index is 837. The molecule has 3 aromatic rings. The molecule has 0 aliphatic rings. The van der Waals surface area contributed by atoms with Gasteiger partial charge in [-0.05, 0) is 38.1 Å². The number of aryl methyl sites for hydroxylation is 2. The first-order valence-electron chi connectivity index (χ1n) is 6.85. The maximum absolute atomic E-state index is 12.0. The molecule has 7 heteroatoms. The highest BCUT2D eigenvalue weighted by Crippen LogP contribution is 2.27. The molecule has 0 amide bonds. The SMILES string of the molecule is Cc1cc(C)cc(-c2nnc(SCC(=O)c3ccc(Cl)s3)o2)c1. The van der Waals surface area contributed by atoms with Gasteiger partial charge in [0, 0.05) is 5.56 Å². The maximum atomic E-state index is 12.0. The molecule has 2 heterocycles. The van der Waals surface area contributed by atoms with E-state index in [0.29, 0.717) is 20.3 Å². The minimum Gasteiger partial charge on any atom is -0.411 e. The number of benzene rings is 1. The number of thiophene rings is 1. The lowest BCUT2D eigenvalue weighted by molar-refractivity contribution is 0.102. The normalized spacial score (nSPS) is 10.9. The number of halogens is 1. The van der Waals surface area contributed by atoms with Gasteiger partial charge in [-0.25, -0.2) is 0 Å². The van der Waals surface area contributed by atoms with Crippen LogP contribution in [0, 0.1) is 13.8 Å². The first-order chi connectivity index (χ1) is 11.0. The van der Waals surface area contributed by atoms with E-state index < -0.39 is 0 Å². The van der Waals surface area contributed by atoms with E-state index in [-0.39, 0.29) is 11.5 Å². The Kier molecular flexibility index (Phi) is 4.84. The summed E-state index contributed by atoms with van der Waals surface area (Å²) in [6, 6.07) is 9.52. The summed E-state index contributed by atoms with van der Waals surface area (Å²) in [4.78, 5) is 12.7. The number of hydrogen-bond acceptors (Lipinski definition) is 6. The minimum atomic E-state index is -0.00181. The van der Waals surface area contributed by atoms with Gasteiger partial charge >= 0.3 is 0 Å². The van der Waals surface area contributed by atoms with Crippen LogP contribution in [0.4, 0.5) is 0 Å². The predicted octanol–water partition coefficient (Wildman–Crippen LogP) is 5.04. The molecule has 0 fully saturated rings. The number of rotatable bonds is 5. The summed E-state index contributed by atoms with van der Waals surface area (Å²) in [6.45, 7) is 4.04. The van der Waals surface area contributed by atoms with Crippen molar-refractivity contribution in [2.45, 2.75) is 19.1 Å². The van der Waals surface area contributed by atoms with Gasteiger partial charge in [-0.2, -0.15) is 0 Å². The molecule has 3 rings (SSSR count). The lowest BCUT2D eigenvalue weighted by atomic mass is 10.1. The highest BCUT2D eigenvalue weighted by atomic mass is 35.5. The molecule has 23 heavy (non-hydrogen) atoms. The summed E-state index contributed by atoms with van der Waals surface area (Å²) in [5, 5.41) is 8.43. The topological polar surface area (TPSA) is 56.0 Å². The van der Waals surface area contributed by atoms with Crippen LogP contribution in [-0.4, -0.2) is 21.7 Å². The Morgan fingerprint density at radius 1 is 1.22 bits per heavy atom. The summed E-state index contributed by atoms with van der Waals surface area (Å²) >= 11 is 8.34. The summed E-state index contributed by atoms with van der Waals surface area (Å²) in [7, 11) is 0. The van der Waals surface area contributed by atoms with Crippen molar-refractivity contribution in [2.24, 2.45) is 0 Å². The summed E-state index contributed by atoms with van der Waals surface area (Å²) < 4.78 is 6.24. The molecular weight excluding hydrogens is 352 g/mol. The van der Waals surface area contributed by atoms with E-state index in [0.717, 1.165) is 16.7 Å². The summed E-state index contributed by atoms with van der Waals surface area (Å²) in [5.41, 5.74) is 3.16. The van der Waals surface area contributed by atoms with Crippen LogP contribution in [0.3, 0.4) is 0 Å². The van der Waals surface area contributed by atoms with Gasteiger partial charge in [0.25, 0.3) is 5.22 Å². The van der Waals surface area contributed by atoms with Crippen molar-refractivity contribution in [1.82, 2.24) is 10.2 Å². The van der Waals surface area contributed by atoms with Crippen molar-refractivity contribution in [3.63, 3.8) is 0 Å². The number of hydrogen-bond donors (Lipinski definition) is 0. The first-order valence-corrected chi connectivity index (χ1v) is 9.03. The second-order valence-corrected chi connectivity index (χ2v) is 7.71. The number of aromatic nitrogens is 2. The molecule has 118 valence electrons. The molecule has 0 unspecified atom stereocenters. The third-order valence-electron chi connectivity index (χ3n) is 3.05.